The van der Waals surface area contributed by atoms with Crippen LogP contribution in [0.1, 0.15) is 12.8 Å². The number of methoxy groups -OCH3 is 1. The number of nitrogens with zero attached hydrogens (tertiary/aromatic N) is 3. The molecule has 0 aromatic carbocycles. The maximum atomic E-state index is 5.66. The van der Waals surface area contributed by atoms with Gasteiger partial charge < -0.3 is 20.1 Å². The molecule has 1 saturated heterocycles. The number of hydrogen-bond acceptors (Lipinski definition) is 6. The zero-order chi connectivity index (χ0) is 13.7. The lowest BCUT2D eigenvalue weighted by Crippen LogP contribution is -2.38. The number of aromatic nitrogens is 2. The number of piperidine rings is 1. The SMILES string of the molecule is COc1nc(N2CCC(OCCN)CC2)ncc1Br. The number of hydrogen-bond donors (Lipinski definition) is 1. The van der Waals surface area contributed by atoms with Crippen LogP contribution in [0.4, 0.5) is 5.95 Å². The Labute approximate surface area is 121 Å². The summed E-state index contributed by atoms with van der Waals surface area (Å²) in [4.78, 5) is 10.9. The predicted molar refractivity (Wildman–Crippen MR) is 76.5 cm³/mol. The number of ether oxygens (including phenoxy) is 2. The zero-order valence-electron chi connectivity index (χ0n) is 11.0. The first-order valence-corrected chi connectivity index (χ1v) is 7.17. The lowest BCUT2D eigenvalue weighted by molar-refractivity contribution is 0.0420. The third-order valence-electron chi connectivity index (χ3n) is 3.09. The molecule has 0 saturated carbocycles. The number of rotatable bonds is 5. The zero-order valence-corrected chi connectivity index (χ0v) is 12.6. The highest BCUT2D eigenvalue weighted by molar-refractivity contribution is 9.10. The summed E-state index contributed by atoms with van der Waals surface area (Å²) in [6.45, 7) is 2.99. The van der Waals surface area contributed by atoms with Gasteiger partial charge in [-0.2, -0.15) is 4.98 Å². The molecule has 106 valence electrons. The van der Waals surface area contributed by atoms with Crippen molar-refractivity contribution < 1.29 is 9.47 Å². The molecule has 0 bridgehead atoms. The van der Waals surface area contributed by atoms with Crippen molar-refractivity contribution in [3.63, 3.8) is 0 Å². The lowest BCUT2D eigenvalue weighted by Gasteiger charge is -2.31. The molecule has 0 aliphatic carbocycles. The third kappa shape index (κ3) is 3.77. The topological polar surface area (TPSA) is 73.5 Å². The van der Waals surface area contributed by atoms with Crippen molar-refractivity contribution >= 4 is 21.9 Å². The molecule has 0 atom stereocenters. The van der Waals surface area contributed by atoms with Crippen molar-refractivity contribution in [2.45, 2.75) is 18.9 Å². The maximum absolute atomic E-state index is 5.66. The van der Waals surface area contributed by atoms with Crippen molar-refractivity contribution in [2.75, 3.05) is 38.3 Å². The Bertz CT molecular complexity index is 411. The van der Waals surface area contributed by atoms with E-state index >= 15 is 0 Å². The van der Waals surface area contributed by atoms with Gasteiger partial charge in [0, 0.05) is 19.6 Å². The fourth-order valence-electron chi connectivity index (χ4n) is 2.10. The van der Waals surface area contributed by atoms with Gasteiger partial charge in [0.05, 0.1) is 30.5 Å². The molecule has 2 N–H and O–H groups in total. The van der Waals surface area contributed by atoms with Crippen LogP contribution >= 0.6 is 15.9 Å². The largest absolute Gasteiger partial charge is 0.480 e. The van der Waals surface area contributed by atoms with E-state index in [0.29, 0.717) is 31.1 Å². The highest BCUT2D eigenvalue weighted by atomic mass is 79.9. The summed E-state index contributed by atoms with van der Waals surface area (Å²) in [5.41, 5.74) is 5.44. The van der Waals surface area contributed by atoms with Crippen molar-refractivity contribution in [1.29, 1.82) is 0 Å². The van der Waals surface area contributed by atoms with Crippen molar-refractivity contribution in [2.24, 2.45) is 5.73 Å². The smallest absolute Gasteiger partial charge is 0.232 e. The summed E-state index contributed by atoms with van der Waals surface area (Å²) in [6.07, 6.45) is 3.97. The molecular weight excluding hydrogens is 312 g/mol. The summed E-state index contributed by atoms with van der Waals surface area (Å²) in [7, 11) is 1.60. The second kappa shape index (κ2) is 7.02. The summed E-state index contributed by atoms with van der Waals surface area (Å²) < 4.78 is 11.6. The monoisotopic (exact) mass is 330 g/mol. The second-order valence-corrected chi connectivity index (χ2v) is 5.23. The Morgan fingerprint density at radius 3 is 2.84 bits per heavy atom. The average molecular weight is 331 g/mol. The van der Waals surface area contributed by atoms with E-state index in [1.165, 1.54) is 0 Å². The van der Waals surface area contributed by atoms with Crippen LogP contribution in [0.3, 0.4) is 0 Å². The molecule has 0 radical (unpaired) electrons. The van der Waals surface area contributed by atoms with Gasteiger partial charge in [0.1, 0.15) is 0 Å². The van der Waals surface area contributed by atoms with Gasteiger partial charge >= 0.3 is 0 Å². The minimum absolute atomic E-state index is 0.303. The molecule has 19 heavy (non-hydrogen) atoms. The molecule has 2 rings (SSSR count). The maximum Gasteiger partial charge on any atom is 0.232 e. The van der Waals surface area contributed by atoms with E-state index < -0.39 is 0 Å². The van der Waals surface area contributed by atoms with Gasteiger partial charge in [-0.1, -0.05) is 0 Å². The number of halogens is 1. The molecule has 0 unspecified atom stereocenters. The molecule has 0 spiro atoms. The summed E-state index contributed by atoms with van der Waals surface area (Å²) in [5.74, 6) is 1.27. The molecule has 1 aromatic heterocycles. The van der Waals surface area contributed by atoms with E-state index in [-0.39, 0.29) is 0 Å². The molecule has 1 fully saturated rings. The van der Waals surface area contributed by atoms with E-state index in [1.807, 2.05) is 0 Å². The minimum Gasteiger partial charge on any atom is -0.480 e. The Balaban J connectivity index is 1.94. The van der Waals surface area contributed by atoms with Gasteiger partial charge in [-0.15, -0.1) is 0 Å². The Kier molecular flexibility index (Phi) is 5.35. The van der Waals surface area contributed by atoms with Gasteiger partial charge in [-0.05, 0) is 28.8 Å². The summed E-state index contributed by atoms with van der Waals surface area (Å²) >= 11 is 3.35. The van der Waals surface area contributed by atoms with E-state index in [1.54, 1.807) is 13.3 Å². The first-order valence-electron chi connectivity index (χ1n) is 6.37. The summed E-state index contributed by atoms with van der Waals surface area (Å²) in [6, 6.07) is 0. The molecule has 1 aromatic rings. The Morgan fingerprint density at radius 1 is 1.47 bits per heavy atom. The van der Waals surface area contributed by atoms with Gasteiger partial charge in [0.2, 0.25) is 11.8 Å². The highest BCUT2D eigenvalue weighted by Gasteiger charge is 2.22. The van der Waals surface area contributed by atoms with Crippen LogP contribution in [-0.4, -0.2) is 49.4 Å². The first kappa shape index (κ1) is 14.5. The predicted octanol–water partition coefficient (Wildman–Crippen LogP) is 1.19. The van der Waals surface area contributed by atoms with Crippen LogP contribution in [0, 0.1) is 0 Å². The quantitative estimate of drug-likeness (QED) is 0.874. The first-order chi connectivity index (χ1) is 9.24. The molecular formula is C12H19BrN4O2. The van der Waals surface area contributed by atoms with Gasteiger partial charge in [0.15, 0.2) is 0 Å². The number of anilines is 1. The molecule has 2 heterocycles. The fourth-order valence-corrected chi connectivity index (χ4v) is 2.45. The van der Waals surface area contributed by atoms with Crippen LogP contribution in [0.25, 0.3) is 0 Å². The van der Waals surface area contributed by atoms with E-state index in [9.17, 15) is 0 Å². The third-order valence-corrected chi connectivity index (χ3v) is 3.63. The van der Waals surface area contributed by atoms with Crippen LogP contribution in [0.5, 0.6) is 5.88 Å². The average Bonchev–Trinajstić information content (AvgIpc) is 2.46. The van der Waals surface area contributed by atoms with Gasteiger partial charge in [-0.25, -0.2) is 4.98 Å². The van der Waals surface area contributed by atoms with Crippen LogP contribution < -0.4 is 15.4 Å². The van der Waals surface area contributed by atoms with Crippen molar-refractivity contribution in [1.82, 2.24) is 9.97 Å². The van der Waals surface area contributed by atoms with Crippen LogP contribution in [0.15, 0.2) is 10.7 Å². The van der Waals surface area contributed by atoms with Gasteiger partial charge in [0.25, 0.3) is 0 Å². The molecule has 6 nitrogen and oxygen atoms in total. The molecule has 7 heteroatoms. The fraction of sp³-hybridized carbons (Fsp3) is 0.667. The minimum atomic E-state index is 0.303. The molecule has 0 amide bonds. The Morgan fingerprint density at radius 2 is 2.21 bits per heavy atom. The van der Waals surface area contributed by atoms with E-state index in [2.05, 4.69) is 30.8 Å². The van der Waals surface area contributed by atoms with Crippen LogP contribution in [-0.2, 0) is 4.74 Å². The van der Waals surface area contributed by atoms with Crippen molar-refractivity contribution in [3.8, 4) is 5.88 Å². The van der Waals surface area contributed by atoms with Crippen molar-refractivity contribution in [3.05, 3.63) is 10.7 Å². The standard InChI is InChI=1S/C12H19BrN4O2/c1-18-11-10(13)8-15-12(16-11)17-5-2-9(3-6-17)19-7-4-14/h8-9H,2-7,14H2,1H3. The van der Waals surface area contributed by atoms with Gasteiger partial charge in [-0.3, -0.25) is 0 Å². The summed E-state index contributed by atoms with van der Waals surface area (Å²) in [5, 5.41) is 0. The molecule has 1 aliphatic rings. The normalized spacial score (nSPS) is 16.7. The number of nitrogens with two attached hydrogens (primary N) is 1. The lowest BCUT2D eigenvalue weighted by atomic mass is 10.1. The van der Waals surface area contributed by atoms with E-state index in [0.717, 1.165) is 30.4 Å². The Hall–Kier alpha value is -0.920. The van der Waals surface area contributed by atoms with Crippen LogP contribution in [0.2, 0.25) is 0 Å². The second-order valence-electron chi connectivity index (χ2n) is 4.37. The highest BCUT2D eigenvalue weighted by Crippen LogP contribution is 2.25. The van der Waals surface area contributed by atoms with E-state index in [4.69, 9.17) is 15.2 Å². The molecule has 1 aliphatic heterocycles.